The fourth-order valence-electron chi connectivity index (χ4n) is 1.88. The lowest BCUT2D eigenvalue weighted by atomic mass is 10.2. The topological polar surface area (TPSA) is 68.4 Å². The normalized spacial score (nSPS) is 12.4. The third-order valence-electron chi connectivity index (χ3n) is 3.03. The van der Waals surface area contributed by atoms with Crippen molar-refractivity contribution in [2.24, 2.45) is 0 Å². The van der Waals surface area contributed by atoms with Crippen molar-refractivity contribution in [3.05, 3.63) is 52.4 Å². The van der Waals surface area contributed by atoms with E-state index >= 15 is 0 Å². The van der Waals surface area contributed by atoms with Gasteiger partial charge >= 0.3 is 0 Å². The highest BCUT2D eigenvalue weighted by Crippen LogP contribution is 2.26. The summed E-state index contributed by atoms with van der Waals surface area (Å²) < 4.78 is 11.1. The molecule has 0 aliphatic carbocycles. The summed E-state index contributed by atoms with van der Waals surface area (Å²) in [6.07, 6.45) is -0.612. The first-order valence-corrected chi connectivity index (χ1v) is 9.45. The van der Waals surface area contributed by atoms with E-state index in [1.807, 2.05) is 41.8 Å². The highest BCUT2D eigenvalue weighted by molar-refractivity contribution is 7.99. The van der Waals surface area contributed by atoms with E-state index < -0.39 is 6.10 Å². The molecule has 0 aliphatic heterocycles. The summed E-state index contributed by atoms with van der Waals surface area (Å²) in [4.78, 5) is 0.932. The summed E-state index contributed by atoms with van der Waals surface area (Å²) in [6, 6.07) is 11.3. The molecule has 3 aromatic rings. The first-order chi connectivity index (χ1) is 11.7. The number of ether oxygens (including phenoxy) is 1. The Bertz CT molecular complexity index is 747. The van der Waals surface area contributed by atoms with Gasteiger partial charge in [0, 0.05) is 10.8 Å². The molecule has 2 heterocycles. The molecule has 5 nitrogen and oxygen atoms in total. The molecule has 126 valence electrons. The molecule has 24 heavy (non-hydrogen) atoms. The highest BCUT2D eigenvalue weighted by Gasteiger charge is 2.12. The number of hydrogen-bond acceptors (Lipinski definition) is 7. The minimum Gasteiger partial charge on any atom is -0.410 e. The number of nitrogens with zero attached hydrogens (tertiary/aromatic N) is 2. The van der Waals surface area contributed by atoms with E-state index in [9.17, 15) is 5.11 Å². The third kappa shape index (κ3) is 5.06. The molecule has 8 heteroatoms. The van der Waals surface area contributed by atoms with Crippen LogP contribution in [0.25, 0.3) is 10.8 Å². The maximum atomic E-state index is 9.97. The van der Waals surface area contributed by atoms with Crippen LogP contribution in [0, 0.1) is 0 Å². The second-order valence-corrected chi connectivity index (χ2v) is 7.31. The van der Waals surface area contributed by atoms with Crippen molar-refractivity contribution < 1.29 is 14.3 Å². The monoisotopic (exact) mass is 382 g/mol. The summed E-state index contributed by atoms with van der Waals surface area (Å²) in [7, 11) is 0. The molecule has 3 rings (SSSR count). The zero-order chi connectivity index (χ0) is 16.8. The quantitative estimate of drug-likeness (QED) is 0.591. The second kappa shape index (κ2) is 8.64. The molecule has 0 saturated carbocycles. The molecule has 0 aliphatic rings. The molecule has 0 saturated heterocycles. The summed E-state index contributed by atoms with van der Waals surface area (Å²) in [6.45, 7) is 0.670. The number of halogens is 1. The van der Waals surface area contributed by atoms with Gasteiger partial charge in [-0.05, 0) is 29.1 Å². The maximum Gasteiger partial charge on any atom is 0.276 e. The average molecular weight is 383 g/mol. The van der Waals surface area contributed by atoms with Crippen LogP contribution in [0.5, 0.6) is 0 Å². The Balaban J connectivity index is 1.39. The second-order valence-electron chi connectivity index (χ2n) is 4.96. The number of rotatable bonds is 8. The number of aliphatic hydroxyl groups is 1. The Morgan fingerprint density at radius 1 is 1.25 bits per heavy atom. The van der Waals surface area contributed by atoms with E-state index in [4.69, 9.17) is 20.8 Å². The SMILES string of the molecule is OC(COCc1ccc(Cl)cc1)CSc1nnc(-c2cccs2)o1. The number of aromatic nitrogens is 2. The first-order valence-electron chi connectivity index (χ1n) is 7.21. The molecule has 1 N–H and O–H groups in total. The van der Waals surface area contributed by atoms with E-state index in [-0.39, 0.29) is 6.61 Å². The van der Waals surface area contributed by atoms with Gasteiger partial charge in [-0.2, -0.15) is 0 Å². The van der Waals surface area contributed by atoms with E-state index in [1.54, 1.807) is 11.3 Å². The third-order valence-corrected chi connectivity index (χ3v) is 5.10. The van der Waals surface area contributed by atoms with Crippen LogP contribution < -0.4 is 0 Å². The molecule has 1 aromatic carbocycles. The molecule has 0 spiro atoms. The van der Waals surface area contributed by atoms with Gasteiger partial charge in [0.1, 0.15) is 0 Å². The van der Waals surface area contributed by atoms with Crippen LogP contribution in [0.2, 0.25) is 5.02 Å². The molecular formula is C16H15ClN2O3S2. The number of aliphatic hydroxyl groups excluding tert-OH is 1. The Morgan fingerprint density at radius 2 is 2.08 bits per heavy atom. The fourth-order valence-corrected chi connectivity index (χ4v) is 3.31. The van der Waals surface area contributed by atoms with Crippen LogP contribution >= 0.6 is 34.7 Å². The molecule has 0 amide bonds. The van der Waals surface area contributed by atoms with Crippen molar-refractivity contribution in [2.75, 3.05) is 12.4 Å². The van der Waals surface area contributed by atoms with Crippen molar-refractivity contribution in [3.8, 4) is 10.8 Å². The van der Waals surface area contributed by atoms with Crippen LogP contribution in [-0.2, 0) is 11.3 Å². The van der Waals surface area contributed by atoms with Gasteiger partial charge in [0.25, 0.3) is 11.1 Å². The van der Waals surface area contributed by atoms with Crippen molar-refractivity contribution >= 4 is 34.7 Å². The van der Waals surface area contributed by atoms with Crippen LogP contribution in [0.3, 0.4) is 0 Å². The minimum atomic E-state index is -0.612. The molecule has 0 radical (unpaired) electrons. The van der Waals surface area contributed by atoms with Gasteiger partial charge in [0.05, 0.1) is 24.2 Å². The number of thiophene rings is 1. The summed E-state index contributed by atoms with van der Waals surface area (Å²) in [5, 5.41) is 21.0. The predicted octanol–water partition coefficient (Wildman–Crippen LogP) is 4.12. The Morgan fingerprint density at radius 3 is 2.83 bits per heavy atom. The van der Waals surface area contributed by atoms with Crippen LogP contribution in [0.15, 0.2) is 51.4 Å². The molecule has 0 bridgehead atoms. The van der Waals surface area contributed by atoms with Crippen LogP contribution in [0.1, 0.15) is 5.56 Å². The maximum absolute atomic E-state index is 9.97. The van der Waals surface area contributed by atoms with Crippen LogP contribution in [0.4, 0.5) is 0 Å². The zero-order valence-electron chi connectivity index (χ0n) is 12.6. The van der Waals surface area contributed by atoms with E-state index in [1.165, 1.54) is 11.8 Å². The Kier molecular flexibility index (Phi) is 6.28. The molecule has 2 aromatic heterocycles. The van der Waals surface area contributed by atoms with Gasteiger partial charge < -0.3 is 14.3 Å². The lowest BCUT2D eigenvalue weighted by Crippen LogP contribution is -2.17. The summed E-state index contributed by atoms with van der Waals surface area (Å²) in [5.41, 5.74) is 1.01. The van der Waals surface area contributed by atoms with Gasteiger partial charge in [-0.1, -0.05) is 41.6 Å². The molecular weight excluding hydrogens is 368 g/mol. The van der Waals surface area contributed by atoms with Gasteiger partial charge in [-0.25, -0.2) is 0 Å². The number of benzene rings is 1. The Labute approximate surface area is 152 Å². The molecule has 1 atom stereocenters. The van der Waals surface area contributed by atoms with Crippen molar-refractivity contribution in [1.82, 2.24) is 10.2 Å². The smallest absolute Gasteiger partial charge is 0.276 e. The molecule has 0 fully saturated rings. The van der Waals surface area contributed by atoms with E-state index in [2.05, 4.69) is 10.2 Å². The summed E-state index contributed by atoms with van der Waals surface area (Å²) in [5.74, 6) is 0.924. The van der Waals surface area contributed by atoms with Gasteiger partial charge in [-0.15, -0.1) is 21.5 Å². The van der Waals surface area contributed by atoms with Gasteiger partial charge in [0.15, 0.2) is 0 Å². The lowest BCUT2D eigenvalue weighted by molar-refractivity contribution is 0.0397. The first kappa shape index (κ1) is 17.4. The molecule has 1 unspecified atom stereocenters. The zero-order valence-corrected chi connectivity index (χ0v) is 15.0. The average Bonchev–Trinajstić information content (AvgIpc) is 3.26. The van der Waals surface area contributed by atoms with Gasteiger partial charge in [-0.3, -0.25) is 0 Å². The Hall–Kier alpha value is -1.38. The summed E-state index contributed by atoms with van der Waals surface area (Å²) >= 11 is 8.68. The van der Waals surface area contributed by atoms with E-state index in [0.717, 1.165) is 10.4 Å². The lowest BCUT2D eigenvalue weighted by Gasteiger charge is -2.09. The largest absolute Gasteiger partial charge is 0.410 e. The number of thioether (sulfide) groups is 1. The standard InChI is InChI=1S/C16H15ClN2O3S2/c17-12-5-3-11(4-6-12)8-21-9-13(20)10-24-16-19-18-15(22-16)14-2-1-7-23-14/h1-7,13,20H,8-10H2. The van der Waals surface area contributed by atoms with Gasteiger partial charge in [0.2, 0.25) is 0 Å². The number of hydrogen-bond donors (Lipinski definition) is 1. The van der Waals surface area contributed by atoms with Crippen LogP contribution in [-0.4, -0.2) is 33.8 Å². The predicted molar refractivity (Wildman–Crippen MR) is 95.4 cm³/mol. The highest BCUT2D eigenvalue weighted by atomic mass is 35.5. The van der Waals surface area contributed by atoms with E-state index in [0.29, 0.717) is 28.5 Å². The van der Waals surface area contributed by atoms with Crippen molar-refractivity contribution in [3.63, 3.8) is 0 Å². The van der Waals surface area contributed by atoms with Crippen molar-refractivity contribution in [1.29, 1.82) is 0 Å². The van der Waals surface area contributed by atoms with Crippen molar-refractivity contribution in [2.45, 2.75) is 17.9 Å². The minimum absolute atomic E-state index is 0.238. The fraction of sp³-hybridized carbons (Fsp3) is 0.250.